The first kappa shape index (κ1) is 14.3. The second-order valence-corrected chi connectivity index (χ2v) is 4.81. The van der Waals surface area contributed by atoms with Crippen molar-refractivity contribution in [3.63, 3.8) is 0 Å². The quantitative estimate of drug-likeness (QED) is 0.906. The number of anilines is 1. The highest BCUT2D eigenvalue weighted by Crippen LogP contribution is 2.28. The van der Waals surface area contributed by atoms with Crippen LogP contribution in [0.3, 0.4) is 0 Å². The van der Waals surface area contributed by atoms with Gasteiger partial charge in [-0.3, -0.25) is 0 Å². The molecular weight excluding hydrogens is 320 g/mol. The Balaban J connectivity index is 2.16. The summed E-state index contributed by atoms with van der Waals surface area (Å²) in [5.41, 5.74) is 0.954. The predicted molar refractivity (Wildman–Crippen MR) is 79.7 cm³/mol. The maximum atomic E-state index is 8.63. The molecule has 0 aliphatic heterocycles. The fraction of sp³-hybridized carbons (Fsp3) is 0.214. The standard InChI is InChI=1S/C14H13BrN4O/c1-2-17-14-18-9-12(15)13(19-14)20-11-5-3-10(4-6-11)7-8-16/h3-6,9H,2,7H2,1H3,(H,17,18,19). The van der Waals surface area contributed by atoms with Gasteiger partial charge in [0, 0.05) is 6.54 Å². The lowest BCUT2D eigenvalue weighted by Gasteiger charge is -2.08. The summed E-state index contributed by atoms with van der Waals surface area (Å²) in [6, 6.07) is 9.45. The van der Waals surface area contributed by atoms with Crippen LogP contribution in [0.2, 0.25) is 0 Å². The molecule has 0 aliphatic carbocycles. The highest BCUT2D eigenvalue weighted by molar-refractivity contribution is 9.10. The van der Waals surface area contributed by atoms with Gasteiger partial charge in [0.25, 0.3) is 0 Å². The van der Waals surface area contributed by atoms with Crippen molar-refractivity contribution in [2.75, 3.05) is 11.9 Å². The smallest absolute Gasteiger partial charge is 0.238 e. The molecule has 1 aromatic heterocycles. The third-order valence-corrected chi connectivity index (χ3v) is 3.01. The third kappa shape index (κ3) is 3.68. The van der Waals surface area contributed by atoms with Gasteiger partial charge in [0.15, 0.2) is 0 Å². The van der Waals surface area contributed by atoms with E-state index >= 15 is 0 Å². The normalized spacial score (nSPS) is 9.85. The largest absolute Gasteiger partial charge is 0.438 e. The highest BCUT2D eigenvalue weighted by Gasteiger charge is 2.07. The Labute approximate surface area is 125 Å². The average Bonchev–Trinajstić information content (AvgIpc) is 2.45. The number of hydrogen-bond donors (Lipinski definition) is 1. The zero-order valence-electron chi connectivity index (χ0n) is 10.9. The lowest BCUT2D eigenvalue weighted by molar-refractivity contribution is 0.459. The molecule has 0 unspecified atom stereocenters. The van der Waals surface area contributed by atoms with Gasteiger partial charge in [0.2, 0.25) is 11.8 Å². The first-order valence-electron chi connectivity index (χ1n) is 6.13. The number of aromatic nitrogens is 2. The van der Waals surface area contributed by atoms with Crippen LogP contribution in [0.1, 0.15) is 12.5 Å². The molecule has 0 aliphatic rings. The number of nitriles is 1. The van der Waals surface area contributed by atoms with Crippen LogP contribution < -0.4 is 10.1 Å². The first-order chi connectivity index (χ1) is 9.72. The van der Waals surface area contributed by atoms with Crippen molar-refractivity contribution in [3.8, 4) is 17.7 Å². The molecule has 2 aromatic rings. The molecule has 0 saturated heterocycles. The molecule has 1 N–H and O–H groups in total. The van der Waals surface area contributed by atoms with Gasteiger partial charge in [-0.2, -0.15) is 10.2 Å². The molecule has 2 rings (SSSR count). The SMILES string of the molecule is CCNc1ncc(Br)c(Oc2ccc(CC#N)cc2)n1. The minimum atomic E-state index is 0.391. The number of rotatable bonds is 5. The van der Waals surface area contributed by atoms with Gasteiger partial charge in [-0.25, -0.2) is 4.98 Å². The van der Waals surface area contributed by atoms with E-state index in [4.69, 9.17) is 10.00 Å². The zero-order valence-corrected chi connectivity index (χ0v) is 12.5. The molecule has 0 bridgehead atoms. The lowest BCUT2D eigenvalue weighted by atomic mass is 10.2. The maximum Gasteiger partial charge on any atom is 0.238 e. The number of hydrogen-bond acceptors (Lipinski definition) is 5. The number of halogens is 1. The summed E-state index contributed by atoms with van der Waals surface area (Å²) in [6.07, 6.45) is 2.03. The Kier molecular flexibility index (Phi) is 4.91. The minimum absolute atomic E-state index is 0.391. The molecule has 0 amide bonds. The van der Waals surface area contributed by atoms with E-state index in [2.05, 4.69) is 37.3 Å². The Bertz CT molecular complexity index is 622. The summed E-state index contributed by atoms with van der Waals surface area (Å²) in [7, 11) is 0. The van der Waals surface area contributed by atoms with Crippen LogP contribution in [-0.2, 0) is 6.42 Å². The van der Waals surface area contributed by atoms with Crippen molar-refractivity contribution in [1.29, 1.82) is 5.26 Å². The molecule has 0 radical (unpaired) electrons. The van der Waals surface area contributed by atoms with Gasteiger partial charge in [0.05, 0.1) is 23.2 Å². The van der Waals surface area contributed by atoms with E-state index in [9.17, 15) is 0 Å². The van der Waals surface area contributed by atoms with Crippen molar-refractivity contribution in [2.24, 2.45) is 0 Å². The van der Waals surface area contributed by atoms with Crippen LogP contribution >= 0.6 is 15.9 Å². The van der Waals surface area contributed by atoms with Crippen LogP contribution in [0.25, 0.3) is 0 Å². The van der Waals surface area contributed by atoms with E-state index in [1.54, 1.807) is 6.20 Å². The maximum absolute atomic E-state index is 8.63. The van der Waals surface area contributed by atoms with Gasteiger partial charge < -0.3 is 10.1 Å². The second-order valence-electron chi connectivity index (χ2n) is 3.96. The topological polar surface area (TPSA) is 70.8 Å². The Morgan fingerprint density at radius 3 is 2.75 bits per heavy atom. The van der Waals surface area contributed by atoms with Crippen LogP contribution in [0, 0.1) is 11.3 Å². The van der Waals surface area contributed by atoms with Crippen molar-refractivity contribution in [3.05, 3.63) is 40.5 Å². The van der Waals surface area contributed by atoms with E-state index in [0.29, 0.717) is 28.5 Å². The van der Waals surface area contributed by atoms with Gasteiger partial charge in [-0.1, -0.05) is 12.1 Å². The van der Waals surface area contributed by atoms with E-state index < -0.39 is 0 Å². The molecule has 20 heavy (non-hydrogen) atoms. The molecule has 1 heterocycles. The van der Waals surface area contributed by atoms with Crippen molar-refractivity contribution in [2.45, 2.75) is 13.3 Å². The van der Waals surface area contributed by atoms with E-state index in [-0.39, 0.29) is 0 Å². The van der Waals surface area contributed by atoms with Gasteiger partial charge in [-0.05, 0) is 40.5 Å². The number of nitrogens with one attached hydrogen (secondary N) is 1. The molecule has 1 aromatic carbocycles. The Morgan fingerprint density at radius 2 is 2.10 bits per heavy atom. The van der Waals surface area contributed by atoms with Gasteiger partial charge in [0.1, 0.15) is 5.75 Å². The summed E-state index contributed by atoms with van der Waals surface area (Å²) in [5, 5.41) is 11.7. The predicted octanol–water partition coefficient (Wildman–Crippen LogP) is 3.53. The molecule has 0 spiro atoms. The van der Waals surface area contributed by atoms with Gasteiger partial charge >= 0.3 is 0 Å². The lowest BCUT2D eigenvalue weighted by Crippen LogP contribution is -2.03. The molecule has 102 valence electrons. The summed E-state index contributed by atoms with van der Waals surface area (Å²) >= 11 is 3.36. The fourth-order valence-electron chi connectivity index (χ4n) is 1.54. The second kappa shape index (κ2) is 6.87. The van der Waals surface area contributed by atoms with E-state index in [1.807, 2.05) is 31.2 Å². The molecular formula is C14H13BrN4O. The minimum Gasteiger partial charge on any atom is -0.438 e. The molecule has 0 saturated carbocycles. The summed E-state index contributed by atoms with van der Waals surface area (Å²) < 4.78 is 6.39. The van der Waals surface area contributed by atoms with E-state index in [1.165, 1.54) is 0 Å². The molecule has 6 heteroatoms. The Morgan fingerprint density at radius 1 is 1.35 bits per heavy atom. The van der Waals surface area contributed by atoms with Crippen LogP contribution in [0.4, 0.5) is 5.95 Å². The van der Waals surface area contributed by atoms with Gasteiger partial charge in [-0.15, -0.1) is 0 Å². The summed E-state index contributed by atoms with van der Waals surface area (Å²) in [6.45, 7) is 2.71. The molecule has 0 fully saturated rings. The molecule has 0 atom stereocenters. The first-order valence-corrected chi connectivity index (χ1v) is 6.92. The van der Waals surface area contributed by atoms with Crippen LogP contribution in [-0.4, -0.2) is 16.5 Å². The number of benzene rings is 1. The highest BCUT2D eigenvalue weighted by atomic mass is 79.9. The third-order valence-electron chi connectivity index (χ3n) is 2.47. The van der Waals surface area contributed by atoms with Crippen LogP contribution in [0.15, 0.2) is 34.9 Å². The van der Waals surface area contributed by atoms with Crippen molar-refractivity contribution in [1.82, 2.24) is 9.97 Å². The average molecular weight is 333 g/mol. The zero-order chi connectivity index (χ0) is 14.4. The van der Waals surface area contributed by atoms with Crippen LogP contribution in [0.5, 0.6) is 11.6 Å². The fourth-order valence-corrected chi connectivity index (χ4v) is 1.82. The summed E-state index contributed by atoms with van der Waals surface area (Å²) in [4.78, 5) is 8.40. The van der Waals surface area contributed by atoms with E-state index in [0.717, 1.165) is 12.1 Å². The Hall–Kier alpha value is -2.13. The number of ether oxygens (including phenoxy) is 1. The monoisotopic (exact) mass is 332 g/mol. The molecule has 5 nitrogen and oxygen atoms in total. The number of nitrogens with zero attached hydrogens (tertiary/aromatic N) is 3. The van der Waals surface area contributed by atoms with Crippen molar-refractivity contribution < 1.29 is 4.74 Å². The van der Waals surface area contributed by atoms with Crippen molar-refractivity contribution >= 4 is 21.9 Å². The summed E-state index contributed by atoms with van der Waals surface area (Å²) in [5.74, 6) is 1.63.